The van der Waals surface area contributed by atoms with E-state index in [0.717, 1.165) is 36.2 Å². The van der Waals surface area contributed by atoms with Crippen molar-refractivity contribution in [2.45, 2.75) is 108 Å². The second-order valence-corrected chi connectivity index (χ2v) is 11.3. The molecule has 0 atom stereocenters. The van der Waals surface area contributed by atoms with Crippen molar-refractivity contribution in [2.75, 3.05) is 6.61 Å². The van der Waals surface area contributed by atoms with Crippen LogP contribution < -0.4 is 4.74 Å². The molecule has 38 heavy (non-hydrogen) atoms. The Morgan fingerprint density at radius 3 is 1.89 bits per heavy atom. The molecule has 2 saturated carbocycles. The van der Waals surface area contributed by atoms with Crippen LogP contribution in [0.1, 0.15) is 96.0 Å². The SMILES string of the molecule is CCCCCC[C@H]1CC[C@H]([C@H]2CC[C@H](C=Cc3ccc(OCC(F)(F)C(F)(F)C(F)(F)F)cc3)CC2)CC1. The molecule has 0 saturated heterocycles. The third kappa shape index (κ3) is 8.38. The number of rotatable bonds is 12. The fourth-order valence-electron chi connectivity index (χ4n) is 6.01. The minimum atomic E-state index is -6.36. The molecule has 2 aliphatic rings. The van der Waals surface area contributed by atoms with E-state index in [2.05, 4.69) is 17.7 Å². The lowest BCUT2D eigenvalue weighted by Crippen LogP contribution is -2.54. The zero-order chi connectivity index (χ0) is 27.8. The van der Waals surface area contributed by atoms with Crippen LogP contribution in [0.5, 0.6) is 5.75 Å². The third-order valence-electron chi connectivity index (χ3n) is 8.52. The van der Waals surface area contributed by atoms with Crippen molar-refractivity contribution < 1.29 is 35.5 Å². The number of hydrogen-bond donors (Lipinski definition) is 0. The zero-order valence-corrected chi connectivity index (χ0v) is 22.2. The Morgan fingerprint density at radius 1 is 0.763 bits per heavy atom. The normalized spacial score (nSPS) is 25.6. The maximum absolute atomic E-state index is 13.4. The molecule has 1 aromatic carbocycles. The van der Waals surface area contributed by atoms with Crippen molar-refractivity contribution in [2.24, 2.45) is 23.7 Å². The van der Waals surface area contributed by atoms with E-state index in [4.69, 9.17) is 0 Å². The van der Waals surface area contributed by atoms with Crippen molar-refractivity contribution in [3.05, 3.63) is 35.9 Å². The molecule has 8 heteroatoms. The van der Waals surface area contributed by atoms with E-state index in [1.54, 1.807) is 12.1 Å². The van der Waals surface area contributed by atoms with Gasteiger partial charge in [0.05, 0.1) is 0 Å². The van der Waals surface area contributed by atoms with Crippen LogP contribution in [0.25, 0.3) is 6.08 Å². The predicted octanol–water partition coefficient (Wildman–Crippen LogP) is 10.5. The summed E-state index contributed by atoms with van der Waals surface area (Å²) in [6, 6.07) is 5.72. The number of alkyl halides is 7. The first-order chi connectivity index (χ1) is 17.9. The van der Waals surface area contributed by atoms with Crippen LogP contribution in [0, 0.1) is 23.7 Å². The topological polar surface area (TPSA) is 9.23 Å². The minimum Gasteiger partial charge on any atom is -0.487 e. The molecule has 0 spiro atoms. The van der Waals surface area contributed by atoms with E-state index in [9.17, 15) is 30.7 Å². The number of halogens is 7. The molecule has 1 nitrogen and oxygen atoms in total. The van der Waals surface area contributed by atoms with Gasteiger partial charge in [0, 0.05) is 0 Å². The monoisotopic (exact) mass is 550 g/mol. The van der Waals surface area contributed by atoms with E-state index in [0.29, 0.717) is 5.92 Å². The second kappa shape index (κ2) is 13.6. The number of hydrogen-bond acceptors (Lipinski definition) is 1. The first-order valence-electron chi connectivity index (χ1n) is 14.2. The van der Waals surface area contributed by atoms with Gasteiger partial charge in [-0.25, -0.2) is 0 Å². The summed E-state index contributed by atoms with van der Waals surface area (Å²) >= 11 is 0. The number of benzene rings is 1. The van der Waals surface area contributed by atoms with Gasteiger partial charge in [0.2, 0.25) is 0 Å². The Hall–Kier alpha value is -1.73. The van der Waals surface area contributed by atoms with Crippen molar-refractivity contribution >= 4 is 6.08 Å². The molecular weight excluding hydrogens is 509 g/mol. The molecule has 0 heterocycles. The smallest absolute Gasteiger partial charge is 0.460 e. The first kappa shape index (κ1) is 30.8. The average molecular weight is 551 g/mol. The molecule has 0 bridgehead atoms. The standard InChI is InChI=1S/C30H41F7O/c1-2-3-4-5-6-22-9-15-25(16-10-22)26-17-11-23(12-18-26)7-8-24-13-19-27(20-14-24)38-21-28(31,32)29(33,34)30(35,36)37/h7-8,13-14,19-20,22-23,25-26H,2-6,9-12,15-18,21H2,1H3/t22-,23-,25-,26-. The highest BCUT2D eigenvalue weighted by atomic mass is 19.4. The molecule has 2 aliphatic carbocycles. The minimum absolute atomic E-state index is 0.198. The lowest BCUT2D eigenvalue weighted by molar-refractivity contribution is -0.358. The van der Waals surface area contributed by atoms with Crippen LogP contribution in [0.4, 0.5) is 30.7 Å². The summed E-state index contributed by atoms with van der Waals surface area (Å²) in [4.78, 5) is 0. The van der Waals surface area contributed by atoms with E-state index < -0.39 is 24.6 Å². The van der Waals surface area contributed by atoms with Gasteiger partial charge in [-0.1, -0.05) is 76.2 Å². The van der Waals surface area contributed by atoms with Crippen LogP contribution in [0.2, 0.25) is 0 Å². The van der Waals surface area contributed by atoms with E-state index in [1.807, 2.05) is 6.08 Å². The van der Waals surface area contributed by atoms with Crippen molar-refractivity contribution in [1.82, 2.24) is 0 Å². The average Bonchev–Trinajstić information content (AvgIpc) is 2.89. The Morgan fingerprint density at radius 2 is 1.34 bits per heavy atom. The summed E-state index contributed by atoms with van der Waals surface area (Å²) in [5, 5.41) is 0. The van der Waals surface area contributed by atoms with Crippen molar-refractivity contribution in [3.8, 4) is 5.75 Å². The quantitative estimate of drug-likeness (QED) is 0.186. The fraction of sp³-hybridized carbons (Fsp3) is 0.733. The van der Waals surface area contributed by atoms with Crippen LogP contribution in [0.15, 0.2) is 30.3 Å². The maximum atomic E-state index is 13.4. The van der Waals surface area contributed by atoms with Crippen LogP contribution in [-0.2, 0) is 0 Å². The third-order valence-corrected chi connectivity index (χ3v) is 8.52. The molecule has 1 aromatic rings. The Balaban J connectivity index is 1.38. The molecule has 216 valence electrons. The van der Waals surface area contributed by atoms with Gasteiger partial charge >= 0.3 is 18.0 Å². The van der Waals surface area contributed by atoms with E-state index >= 15 is 0 Å². The molecule has 0 aliphatic heterocycles. The van der Waals surface area contributed by atoms with Gasteiger partial charge in [-0.05, 0) is 79.9 Å². The van der Waals surface area contributed by atoms with Crippen molar-refractivity contribution in [1.29, 1.82) is 0 Å². The lowest BCUT2D eigenvalue weighted by Gasteiger charge is -2.37. The molecule has 0 N–H and O–H groups in total. The summed E-state index contributed by atoms with van der Waals surface area (Å²) < 4.78 is 94.1. The highest BCUT2D eigenvalue weighted by Gasteiger charge is 2.73. The first-order valence-corrected chi connectivity index (χ1v) is 14.2. The zero-order valence-electron chi connectivity index (χ0n) is 22.2. The Kier molecular flexibility index (Phi) is 11.0. The molecule has 2 fully saturated rings. The van der Waals surface area contributed by atoms with Gasteiger partial charge < -0.3 is 4.74 Å². The number of unbranched alkanes of at least 4 members (excludes halogenated alkanes) is 3. The predicted molar refractivity (Wildman–Crippen MR) is 137 cm³/mol. The summed E-state index contributed by atoms with van der Waals surface area (Å²) in [6.07, 6.45) is 14.8. The molecule has 0 amide bonds. The highest BCUT2D eigenvalue weighted by Crippen LogP contribution is 2.47. The maximum Gasteiger partial charge on any atom is 0.460 e. The van der Waals surface area contributed by atoms with E-state index in [1.165, 1.54) is 82.8 Å². The number of allylic oxidation sites excluding steroid dienone is 1. The molecule has 0 unspecified atom stereocenters. The Bertz CT molecular complexity index is 846. The summed E-state index contributed by atoms with van der Waals surface area (Å²) in [5.41, 5.74) is 0.782. The largest absolute Gasteiger partial charge is 0.487 e. The highest BCUT2D eigenvalue weighted by molar-refractivity contribution is 5.50. The summed E-state index contributed by atoms with van der Waals surface area (Å²) in [7, 11) is 0. The molecular formula is C30H41F7O. The molecule has 3 rings (SSSR count). The molecule has 0 aromatic heterocycles. The van der Waals surface area contributed by atoms with Gasteiger partial charge in [-0.15, -0.1) is 0 Å². The van der Waals surface area contributed by atoms with Crippen LogP contribution in [-0.4, -0.2) is 24.6 Å². The van der Waals surface area contributed by atoms with Gasteiger partial charge in [-0.3, -0.25) is 0 Å². The summed E-state index contributed by atoms with van der Waals surface area (Å²) in [5.74, 6) is -8.67. The van der Waals surface area contributed by atoms with Gasteiger partial charge in [0.15, 0.2) is 6.61 Å². The van der Waals surface area contributed by atoms with Crippen molar-refractivity contribution in [3.63, 3.8) is 0 Å². The Labute approximate surface area is 222 Å². The van der Waals surface area contributed by atoms with Gasteiger partial charge in [0.1, 0.15) is 5.75 Å². The van der Waals surface area contributed by atoms with Gasteiger partial charge in [-0.2, -0.15) is 30.7 Å². The van der Waals surface area contributed by atoms with Gasteiger partial charge in [0.25, 0.3) is 0 Å². The summed E-state index contributed by atoms with van der Waals surface area (Å²) in [6.45, 7) is 0.182. The fourth-order valence-corrected chi connectivity index (χ4v) is 6.01. The second-order valence-electron chi connectivity index (χ2n) is 11.3. The number of ether oxygens (including phenoxy) is 1. The van der Waals surface area contributed by atoms with E-state index in [-0.39, 0.29) is 5.75 Å². The van der Waals surface area contributed by atoms with Crippen LogP contribution >= 0.6 is 0 Å². The van der Waals surface area contributed by atoms with Crippen LogP contribution in [0.3, 0.4) is 0 Å². The molecule has 0 radical (unpaired) electrons. The lowest BCUT2D eigenvalue weighted by atomic mass is 9.68.